The van der Waals surface area contributed by atoms with Gasteiger partial charge in [0.05, 0.1) is 19.6 Å². The number of fused-ring (bicyclic) bond motifs is 1. The van der Waals surface area contributed by atoms with Crippen molar-refractivity contribution in [1.82, 2.24) is 10.2 Å². The van der Waals surface area contributed by atoms with Gasteiger partial charge in [-0.2, -0.15) is 0 Å². The summed E-state index contributed by atoms with van der Waals surface area (Å²) in [7, 11) is 0. The maximum atomic E-state index is 12.7. The summed E-state index contributed by atoms with van der Waals surface area (Å²) in [5.41, 5.74) is 1.77. The Labute approximate surface area is 181 Å². The molecule has 2 heterocycles. The molecule has 3 rings (SSSR count). The molecule has 0 spiro atoms. The number of amides is 2. The van der Waals surface area contributed by atoms with E-state index in [-0.39, 0.29) is 31.6 Å². The number of halogens is 1. The van der Waals surface area contributed by atoms with Crippen molar-refractivity contribution in [3.8, 4) is 0 Å². The van der Waals surface area contributed by atoms with Crippen LogP contribution in [-0.4, -0.2) is 53.0 Å². The number of carbonyl (C=O) groups is 2. The quantitative estimate of drug-likeness (QED) is 0.609. The van der Waals surface area contributed by atoms with Crippen LogP contribution in [0.4, 0.5) is 4.79 Å². The summed E-state index contributed by atoms with van der Waals surface area (Å²) in [4.78, 5) is 24.9. The van der Waals surface area contributed by atoms with Gasteiger partial charge in [0.15, 0.2) is 0 Å². The van der Waals surface area contributed by atoms with Gasteiger partial charge in [-0.1, -0.05) is 44.5 Å². The molecule has 0 radical (unpaired) electrons. The molecule has 2 amide bonds. The molecule has 1 fully saturated rings. The largest absolute Gasteiger partial charge is 0.481 e. The van der Waals surface area contributed by atoms with Crippen LogP contribution < -0.4 is 5.32 Å². The van der Waals surface area contributed by atoms with E-state index < -0.39 is 23.6 Å². The molecule has 7 nitrogen and oxygen atoms in total. The fraction of sp³-hybridized carbons (Fsp3) is 0.545. The number of aliphatic hydroxyl groups is 1. The van der Waals surface area contributed by atoms with Gasteiger partial charge in [-0.25, -0.2) is 4.79 Å². The number of benzene rings is 1. The van der Waals surface area contributed by atoms with Gasteiger partial charge >= 0.3 is 12.0 Å². The Hall–Kier alpha value is -2.09. The second-order valence-corrected chi connectivity index (χ2v) is 9.51. The molecule has 164 valence electrons. The third kappa shape index (κ3) is 4.63. The Morgan fingerprint density at radius 3 is 2.73 bits per heavy atom. The molecule has 0 saturated carbocycles. The van der Waals surface area contributed by atoms with Crippen LogP contribution in [0.2, 0.25) is 5.02 Å². The molecule has 2 aliphatic rings. The first-order chi connectivity index (χ1) is 14.1. The fourth-order valence-corrected chi connectivity index (χ4v) is 4.11. The van der Waals surface area contributed by atoms with E-state index in [9.17, 15) is 14.7 Å². The molecule has 3 N–H and O–H groups in total. The molecule has 30 heavy (non-hydrogen) atoms. The Bertz CT molecular complexity index is 864. The first kappa shape index (κ1) is 22.6. The Balaban J connectivity index is 1.93. The van der Waals surface area contributed by atoms with Crippen molar-refractivity contribution in [3.63, 3.8) is 0 Å². The van der Waals surface area contributed by atoms with Crippen molar-refractivity contribution in [1.29, 1.82) is 0 Å². The van der Waals surface area contributed by atoms with Gasteiger partial charge in [0.2, 0.25) is 0 Å². The van der Waals surface area contributed by atoms with Crippen LogP contribution in [0.25, 0.3) is 0 Å². The highest BCUT2D eigenvalue weighted by molar-refractivity contribution is 6.31. The molecule has 8 heteroatoms. The maximum absolute atomic E-state index is 12.7. The topological polar surface area (TPSA) is 99.1 Å². The highest BCUT2D eigenvalue weighted by Crippen LogP contribution is 2.42. The van der Waals surface area contributed by atoms with Crippen molar-refractivity contribution >= 4 is 23.6 Å². The molecule has 1 saturated heterocycles. The number of aliphatic carboxylic acids is 1. The van der Waals surface area contributed by atoms with Crippen LogP contribution >= 0.6 is 11.6 Å². The van der Waals surface area contributed by atoms with Crippen molar-refractivity contribution in [2.75, 3.05) is 19.8 Å². The van der Waals surface area contributed by atoms with Crippen molar-refractivity contribution in [2.24, 2.45) is 5.41 Å². The number of hydrogen-bond donors (Lipinski definition) is 3. The summed E-state index contributed by atoms with van der Waals surface area (Å²) < 4.78 is 5.77. The first-order valence-electron chi connectivity index (χ1n) is 10.1. The number of aliphatic hydroxyl groups excluding tert-OH is 1. The van der Waals surface area contributed by atoms with Gasteiger partial charge in [0.25, 0.3) is 0 Å². The lowest BCUT2D eigenvalue weighted by molar-refractivity contribution is -0.137. The molecule has 2 aliphatic heterocycles. The minimum absolute atomic E-state index is 0.0331. The number of nitrogens with one attached hydrogen (secondary N) is 1. The number of carboxylic acid groups (broad SMARTS) is 1. The number of ether oxygens (including phenoxy) is 1. The van der Waals surface area contributed by atoms with Gasteiger partial charge in [0.1, 0.15) is 11.6 Å². The second-order valence-electron chi connectivity index (χ2n) is 9.11. The minimum atomic E-state index is -0.989. The van der Waals surface area contributed by atoms with Crippen LogP contribution in [0.5, 0.6) is 0 Å². The van der Waals surface area contributed by atoms with Gasteiger partial charge in [-0.15, -0.1) is 0 Å². The van der Waals surface area contributed by atoms with Gasteiger partial charge in [-0.3, -0.25) is 4.79 Å². The predicted molar refractivity (Wildman–Crippen MR) is 113 cm³/mol. The van der Waals surface area contributed by atoms with E-state index in [0.717, 1.165) is 24.0 Å². The van der Waals surface area contributed by atoms with Crippen LogP contribution in [-0.2, 0) is 21.5 Å². The number of aryl methyl sites for hydroxylation is 1. The highest BCUT2D eigenvalue weighted by Gasteiger charge is 2.50. The average Bonchev–Trinajstić information content (AvgIpc) is 3.02. The first-order valence-corrected chi connectivity index (χ1v) is 10.5. The molecule has 0 aliphatic carbocycles. The zero-order valence-electron chi connectivity index (χ0n) is 17.6. The number of carboxylic acids is 1. The Morgan fingerprint density at radius 1 is 1.40 bits per heavy atom. The number of urea groups is 1. The summed E-state index contributed by atoms with van der Waals surface area (Å²) in [6, 6.07) is 5.36. The SMILES string of the molecule is CC(C)(C)CCc1ccc([C@@]23COC(CO)C2=CN(CCC(=O)O)C(=O)N3)cc1Cl. The molecular formula is C22H29ClN2O5. The Morgan fingerprint density at radius 2 is 2.13 bits per heavy atom. The molecule has 1 aromatic rings. The molecular weight excluding hydrogens is 408 g/mol. The van der Waals surface area contributed by atoms with E-state index >= 15 is 0 Å². The summed E-state index contributed by atoms with van der Waals surface area (Å²) in [5.74, 6) is -0.989. The van der Waals surface area contributed by atoms with Crippen LogP contribution in [0.1, 0.15) is 44.7 Å². The third-order valence-electron chi connectivity index (χ3n) is 5.64. The maximum Gasteiger partial charge on any atom is 0.322 e. The van der Waals surface area contributed by atoms with Gasteiger partial charge in [0, 0.05) is 23.3 Å². The average molecular weight is 437 g/mol. The highest BCUT2D eigenvalue weighted by atomic mass is 35.5. The molecule has 0 aromatic heterocycles. The van der Waals surface area contributed by atoms with E-state index in [1.165, 1.54) is 4.90 Å². The molecule has 1 unspecified atom stereocenters. The van der Waals surface area contributed by atoms with Crippen molar-refractivity contribution in [3.05, 3.63) is 46.1 Å². The van der Waals surface area contributed by atoms with Crippen molar-refractivity contribution < 1.29 is 24.5 Å². The van der Waals surface area contributed by atoms with Gasteiger partial charge in [-0.05, 0) is 35.4 Å². The summed E-state index contributed by atoms with van der Waals surface area (Å²) in [6.07, 6.45) is 2.69. The van der Waals surface area contributed by atoms with Crippen LogP contribution in [0, 0.1) is 5.41 Å². The molecule has 0 bridgehead atoms. The lowest BCUT2D eigenvalue weighted by atomic mass is 9.81. The Kier molecular flexibility index (Phi) is 6.45. The summed E-state index contributed by atoms with van der Waals surface area (Å²) >= 11 is 6.59. The lowest BCUT2D eigenvalue weighted by Gasteiger charge is -2.39. The van der Waals surface area contributed by atoms with Gasteiger partial charge < -0.3 is 25.2 Å². The minimum Gasteiger partial charge on any atom is -0.481 e. The van der Waals surface area contributed by atoms with Crippen LogP contribution in [0.3, 0.4) is 0 Å². The van der Waals surface area contributed by atoms with E-state index in [1.54, 1.807) is 6.20 Å². The number of nitrogens with zero attached hydrogens (tertiary/aromatic N) is 1. The standard InChI is InChI=1S/C22H29ClN2O5/c1-21(2,3)8-6-14-4-5-15(10-17(14)23)22-13-30-18(12-26)16(22)11-25(20(29)24-22)9-7-19(27)28/h4-5,10-11,18,26H,6-9,12-13H2,1-3H3,(H,24,29)(H,27,28)/t18?,22-/m0/s1. The van der Waals surface area contributed by atoms with E-state index in [1.807, 2.05) is 18.2 Å². The van der Waals surface area contributed by atoms with Crippen LogP contribution in [0.15, 0.2) is 30.0 Å². The zero-order valence-corrected chi connectivity index (χ0v) is 18.3. The predicted octanol–water partition coefficient (Wildman–Crippen LogP) is 3.29. The lowest BCUT2D eigenvalue weighted by Crippen LogP contribution is -2.56. The van der Waals surface area contributed by atoms with Crippen molar-refractivity contribution in [2.45, 2.75) is 51.7 Å². The normalized spacial score (nSPS) is 23.8. The number of rotatable bonds is 7. The number of hydrogen-bond acceptors (Lipinski definition) is 4. The van der Waals surface area contributed by atoms with E-state index in [2.05, 4.69) is 26.1 Å². The molecule has 2 atom stereocenters. The smallest absolute Gasteiger partial charge is 0.322 e. The second kappa shape index (κ2) is 8.57. The monoisotopic (exact) mass is 436 g/mol. The fourth-order valence-electron chi connectivity index (χ4n) is 3.84. The summed E-state index contributed by atoms with van der Waals surface area (Å²) in [5, 5.41) is 22.3. The summed E-state index contributed by atoms with van der Waals surface area (Å²) in [6.45, 7) is 6.51. The molecule has 1 aromatic carbocycles. The number of carbonyl (C=O) groups excluding carboxylic acids is 1. The van der Waals surface area contributed by atoms with E-state index in [4.69, 9.17) is 21.4 Å². The zero-order chi connectivity index (χ0) is 22.1. The third-order valence-corrected chi connectivity index (χ3v) is 5.99. The van der Waals surface area contributed by atoms with E-state index in [0.29, 0.717) is 10.6 Å².